The highest BCUT2D eigenvalue weighted by Gasteiger charge is 2.29. The van der Waals surface area contributed by atoms with E-state index in [1.165, 1.54) is 0 Å². The van der Waals surface area contributed by atoms with Gasteiger partial charge in [-0.15, -0.1) is 0 Å². The molecule has 3 N–H and O–H groups in total. The van der Waals surface area contributed by atoms with Crippen molar-refractivity contribution in [1.29, 1.82) is 0 Å². The standard InChI is InChI=1S/C12H23F3N2/c1-3-4-5-9-17-11(2,10-16)7-6-8-12(13,14)15/h3-4,17H,5-10,16H2,1-2H3/b4-3+. The number of nitrogens with two attached hydrogens (primary N) is 1. The summed E-state index contributed by atoms with van der Waals surface area (Å²) >= 11 is 0. The van der Waals surface area contributed by atoms with Gasteiger partial charge < -0.3 is 11.1 Å². The van der Waals surface area contributed by atoms with Crippen LogP contribution in [0.3, 0.4) is 0 Å². The molecule has 0 saturated heterocycles. The smallest absolute Gasteiger partial charge is 0.329 e. The Labute approximate surface area is 101 Å². The van der Waals surface area contributed by atoms with E-state index in [1.54, 1.807) is 0 Å². The molecule has 0 spiro atoms. The molecule has 0 radical (unpaired) electrons. The molecule has 0 fully saturated rings. The average Bonchev–Trinajstić information content (AvgIpc) is 2.23. The van der Waals surface area contributed by atoms with Crippen molar-refractivity contribution in [3.05, 3.63) is 12.2 Å². The predicted octanol–water partition coefficient (Wildman–Crippen LogP) is 2.99. The molecule has 0 saturated carbocycles. The summed E-state index contributed by atoms with van der Waals surface area (Å²) in [5, 5.41) is 3.22. The minimum Gasteiger partial charge on any atom is -0.329 e. The van der Waals surface area contributed by atoms with E-state index in [2.05, 4.69) is 5.32 Å². The van der Waals surface area contributed by atoms with Gasteiger partial charge >= 0.3 is 6.18 Å². The van der Waals surface area contributed by atoms with Gasteiger partial charge in [0.2, 0.25) is 0 Å². The van der Waals surface area contributed by atoms with Crippen LogP contribution in [0, 0.1) is 0 Å². The lowest BCUT2D eigenvalue weighted by molar-refractivity contribution is -0.136. The summed E-state index contributed by atoms with van der Waals surface area (Å²) < 4.78 is 36.1. The summed E-state index contributed by atoms with van der Waals surface area (Å²) in [4.78, 5) is 0. The molecule has 0 heterocycles. The van der Waals surface area contributed by atoms with Gasteiger partial charge in [-0.25, -0.2) is 0 Å². The molecule has 102 valence electrons. The molecule has 1 atom stereocenters. The summed E-state index contributed by atoms with van der Waals surface area (Å²) in [6.45, 7) is 4.90. The van der Waals surface area contributed by atoms with E-state index in [0.717, 1.165) is 13.0 Å². The molecule has 5 heteroatoms. The Morgan fingerprint density at radius 2 is 1.88 bits per heavy atom. The fourth-order valence-electron chi connectivity index (χ4n) is 1.57. The quantitative estimate of drug-likeness (QED) is 0.515. The first-order valence-electron chi connectivity index (χ1n) is 5.96. The van der Waals surface area contributed by atoms with Crippen molar-refractivity contribution >= 4 is 0 Å². The Balaban J connectivity index is 3.92. The maximum atomic E-state index is 12.0. The predicted molar refractivity (Wildman–Crippen MR) is 64.8 cm³/mol. The van der Waals surface area contributed by atoms with Crippen LogP contribution in [-0.4, -0.2) is 24.8 Å². The van der Waals surface area contributed by atoms with E-state index in [9.17, 15) is 13.2 Å². The lowest BCUT2D eigenvalue weighted by Gasteiger charge is -2.29. The summed E-state index contributed by atoms with van der Waals surface area (Å²) in [6.07, 6.45) is 0.586. The number of alkyl halides is 3. The van der Waals surface area contributed by atoms with Crippen molar-refractivity contribution in [1.82, 2.24) is 5.32 Å². The van der Waals surface area contributed by atoms with Crippen LogP contribution in [-0.2, 0) is 0 Å². The second kappa shape index (κ2) is 7.71. The van der Waals surface area contributed by atoms with Gasteiger partial charge in [-0.2, -0.15) is 13.2 Å². The summed E-state index contributed by atoms with van der Waals surface area (Å²) in [5.41, 5.74) is 5.21. The zero-order valence-corrected chi connectivity index (χ0v) is 10.6. The molecule has 0 aromatic heterocycles. The first kappa shape index (κ1) is 16.4. The van der Waals surface area contributed by atoms with Crippen LogP contribution < -0.4 is 11.1 Å². The van der Waals surface area contributed by atoms with Gasteiger partial charge in [-0.3, -0.25) is 0 Å². The Morgan fingerprint density at radius 3 is 2.35 bits per heavy atom. The number of nitrogens with one attached hydrogen (secondary N) is 1. The Bertz CT molecular complexity index is 226. The molecule has 0 rings (SSSR count). The lowest BCUT2D eigenvalue weighted by atomic mass is 9.94. The fraction of sp³-hybridized carbons (Fsp3) is 0.833. The molecule has 2 nitrogen and oxygen atoms in total. The van der Waals surface area contributed by atoms with E-state index in [4.69, 9.17) is 5.73 Å². The minimum atomic E-state index is -4.07. The van der Waals surface area contributed by atoms with Crippen molar-refractivity contribution in [2.75, 3.05) is 13.1 Å². The first-order chi connectivity index (χ1) is 7.83. The van der Waals surface area contributed by atoms with Crippen molar-refractivity contribution in [2.24, 2.45) is 5.73 Å². The number of halogens is 3. The van der Waals surface area contributed by atoms with E-state index < -0.39 is 18.1 Å². The maximum Gasteiger partial charge on any atom is 0.389 e. The largest absolute Gasteiger partial charge is 0.389 e. The van der Waals surface area contributed by atoms with Crippen molar-refractivity contribution in [2.45, 2.75) is 51.2 Å². The van der Waals surface area contributed by atoms with Gasteiger partial charge in [-0.05, 0) is 39.7 Å². The van der Waals surface area contributed by atoms with Crippen LogP contribution in [0.25, 0.3) is 0 Å². The molecular formula is C12H23F3N2. The second-order valence-electron chi connectivity index (χ2n) is 4.52. The van der Waals surface area contributed by atoms with Crippen molar-refractivity contribution in [3.8, 4) is 0 Å². The third-order valence-corrected chi connectivity index (χ3v) is 2.74. The van der Waals surface area contributed by atoms with E-state index in [1.807, 2.05) is 26.0 Å². The molecule has 0 aromatic rings. The highest BCUT2D eigenvalue weighted by Crippen LogP contribution is 2.24. The molecule has 0 aliphatic carbocycles. The zero-order chi connectivity index (χ0) is 13.4. The normalized spacial score (nSPS) is 16.4. The van der Waals surface area contributed by atoms with Gasteiger partial charge in [0.1, 0.15) is 0 Å². The molecular weight excluding hydrogens is 229 g/mol. The molecule has 17 heavy (non-hydrogen) atoms. The molecule has 1 unspecified atom stereocenters. The minimum absolute atomic E-state index is 0.119. The van der Waals surface area contributed by atoms with Crippen molar-refractivity contribution in [3.63, 3.8) is 0 Å². The van der Waals surface area contributed by atoms with Gasteiger partial charge in [0.15, 0.2) is 0 Å². The molecule has 0 amide bonds. The summed E-state index contributed by atoms with van der Waals surface area (Å²) in [6, 6.07) is 0. The highest BCUT2D eigenvalue weighted by atomic mass is 19.4. The molecule has 0 aromatic carbocycles. The average molecular weight is 252 g/mol. The van der Waals surface area contributed by atoms with Gasteiger partial charge in [0, 0.05) is 18.5 Å². The monoisotopic (exact) mass is 252 g/mol. The van der Waals surface area contributed by atoms with Crippen LogP contribution in [0.1, 0.15) is 39.5 Å². The van der Waals surface area contributed by atoms with Crippen molar-refractivity contribution < 1.29 is 13.2 Å². The fourth-order valence-corrected chi connectivity index (χ4v) is 1.57. The summed E-state index contributed by atoms with van der Waals surface area (Å²) in [7, 11) is 0. The van der Waals surface area contributed by atoms with E-state index in [0.29, 0.717) is 13.0 Å². The topological polar surface area (TPSA) is 38.0 Å². The number of allylic oxidation sites excluding steroid dienone is 1. The number of hydrogen-bond acceptors (Lipinski definition) is 2. The Kier molecular flexibility index (Phi) is 7.46. The Hall–Kier alpha value is -0.550. The maximum absolute atomic E-state index is 12.0. The van der Waals surface area contributed by atoms with Crippen LogP contribution in [0.2, 0.25) is 0 Å². The molecule has 0 aliphatic rings. The summed E-state index contributed by atoms with van der Waals surface area (Å²) in [5.74, 6) is 0. The lowest BCUT2D eigenvalue weighted by Crippen LogP contribution is -2.49. The Morgan fingerprint density at radius 1 is 1.24 bits per heavy atom. The van der Waals surface area contributed by atoms with E-state index >= 15 is 0 Å². The molecule has 0 aliphatic heterocycles. The van der Waals surface area contributed by atoms with Gasteiger partial charge in [0.05, 0.1) is 0 Å². The number of rotatable bonds is 8. The SMILES string of the molecule is C/C=C/CCNC(C)(CN)CCCC(F)(F)F. The van der Waals surface area contributed by atoms with Crippen LogP contribution in [0.4, 0.5) is 13.2 Å². The third-order valence-electron chi connectivity index (χ3n) is 2.74. The van der Waals surface area contributed by atoms with Gasteiger partial charge in [0.25, 0.3) is 0 Å². The molecule has 0 bridgehead atoms. The number of hydrogen-bond donors (Lipinski definition) is 2. The third kappa shape index (κ3) is 9.18. The van der Waals surface area contributed by atoms with Crippen LogP contribution in [0.5, 0.6) is 0 Å². The highest BCUT2D eigenvalue weighted by molar-refractivity contribution is 4.86. The van der Waals surface area contributed by atoms with Crippen LogP contribution >= 0.6 is 0 Å². The van der Waals surface area contributed by atoms with E-state index in [-0.39, 0.29) is 6.42 Å². The first-order valence-corrected chi connectivity index (χ1v) is 5.96. The second-order valence-corrected chi connectivity index (χ2v) is 4.52. The van der Waals surface area contributed by atoms with Gasteiger partial charge in [-0.1, -0.05) is 12.2 Å². The zero-order valence-electron chi connectivity index (χ0n) is 10.6. The van der Waals surface area contributed by atoms with Crippen LogP contribution in [0.15, 0.2) is 12.2 Å².